The lowest BCUT2D eigenvalue weighted by Gasteiger charge is -2.26. The predicted octanol–water partition coefficient (Wildman–Crippen LogP) is 3.34. The zero-order chi connectivity index (χ0) is 13.4. The summed E-state index contributed by atoms with van der Waals surface area (Å²) in [5.41, 5.74) is 0.720. The quantitative estimate of drug-likeness (QED) is 0.802. The maximum absolute atomic E-state index is 11.7. The lowest BCUT2D eigenvalue weighted by molar-refractivity contribution is 0.0927. The van der Waals surface area contributed by atoms with Crippen molar-refractivity contribution in [1.29, 1.82) is 0 Å². The van der Waals surface area contributed by atoms with Gasteiger partial charge in [-0.1, -0.05) is 17.7 Å². The fourth-order valence-electron chi connectivity index (χ4n) is 2.68. The summed E-state index contributed by atoms with van der Waals surface area (Å²) in [4.78, 5) is 14.0. The molecule has 0 atom stereocenters. The van der Waals surface area contributed by atoms with E-state index in [0.717, 1.165) is 29.8 Å². The van der Waals surface area contributed by atoms with Crippen LogP contribution in [0.4, 0.5) is 5.82 Å². The van der Waals surface area contributed by atoms with E-state index in [4.69, 9.17) is 11.6 Å². The largest absolute Gasteiger partial charge is 0.355 e. The van der Waals surface area contributed by atoms with E-state index >= 15 is 0 Å². The molecule has 19 heavy (non-hydrogen) atoms. The van der Waals surface area contributed by atoms with Gasteiger partial charge in [0.15, 0.2) is 5.82 Å². The molecule has 1 aliphatic heterocycles. The number of aromatic nitrogens is 2. The molecular formula is C14H16ClN3O. The van der Waals surface area contributed by atoms with Gasteiger partial charge in [0.1, 0.15) is 0 Å². The van der Waals surface area contributed by atoms with E-state index in [9.17, 15) is 4.79 Å². The van der Waals surface area contributed by atoms with Crippen LogP contribution >= 0.6 is 11.6 Å². The molecule has 0 saturated carbocycles. The van der Waals surface area contributed by atoms with E-state index in [1.54, 1.807) is 6.07 Å². The van der Waals surface area contributed by atoms with Crippen molar-refractivity contribution in [1.82, 2.24) is 9.78 Å². The molecule has 1 aromatic heterocycles. The maximum Gasteiger partial charge on any atom is 0.244 e. The van der Waals surface area contributed by atoms with Crippen LogP contribution < -0.4 is 4.90 Å². The van der Waals surface area contributed by atoms with Gasteiger partial charge in [-0.05, 0) is 31.4 Å². The Morgan fingerprint density at radius 1 is 1.26 bits per heavy atom. The summed E-state index contributed by atoms with van der Waals surface area (Å²) >= 11 is 6.23. The highest BCUT2D eigenvalue weighted by Gasteiger charge is 2.21. The first-order chi connectivity index (χ1) is 9.18. The summed E-state index contributed by atoms with van der Waals surface area (Å²) in [6.07, 6.45) is 3.62. The Hall–Kier alpha value is -1.55. The predicted molar refractivity (Wildman–Crippen MR) is 77.1 cm³/mol. The van der Waals surface area contributed by atoms with Gasteiger partial charge in [-0.15, -0.1) is 5.10 Å². The highest BCUT2D eigenvalue weighted by molar-refractivity contribution is 6.35. The van der Waals surface area contributed by atoms with Gasteiger partial charge in [-0.25, -0.2) is 0 Å². The number of piperidine rings is 1. The van der Waals surface area contributed by atoms with Crippen molar-refractivity contribution in [2.24, 2.45) is 0 Å². The fraction of sp³-hybridized carbons (Fsp3) is 0.429. The standard InChI is InChI=1S/C14H16ClN3O/c1-10(19)18-13-11(6-5-7-12(13)15)14(16-18)17-8-3-2-4-9-17/h5-7H,2-4,8-9H2,1H3. The van der Waals surface area contributed by atoms with Gasteiger partial charge < -0.3 is 4.90 Å². The van der Waals surface area contributed by atoms with Gasteiger partial charge in [-0.3, -0.25) is 4.79 Å². The summed E-state index contributed by atoms with van der Waals surface area (Å²) in [6, 6.07) is 5.69. The van der Waals surface area contributed by atoms with E-state index in [2.05, 4.69) is 10.00 Å². The monoisotopic (exact) mass is 277 g/mol. The lowest BCUT2D eigenvalue weighted by atomic mass is 10.1. The van der Waals surface area contributed by atoms with Crippen molar-refractivity contribution in [3.63, 3.8) is 0 Å². The van der Waals surface area contributed by atoms with E-state index in [1.807, 2.05) is 12.1 Å². The number of anilines is 1. The Kier molecular flexibility index (Phi) is 3.19. The van der Waals surface area contributed by atoms with E-state index in [0.29, 0.717) is 5.02 Å². The average molecular weight is 278 g/mol. The molecule has 100 valence electrons. The van der Waals surface area contributed by atoms with Crippen LogP contribution in [0, 0.1) is 0 Å². The molecule has 4 nitrogen and oxygen atoms in total. The molecule has 3 rings (SSSR count). The Morgan fingerprint density at radius 2 is 2.00 bits per heavy atom. The average Bonchev–Trinajstić information content (AvgIpc) is 2.81. The molecule has 1 saturated heterocycles. The minimum absolute atomic E-state index is 0.110. The molecule has 0 unspecified atom stereocenters. The van der Waals surface area contributed by atoms with E-state index in [1.165, 1.54) is 30.9 Å². The van der Waals surface area contributed by atoms with Crippen LogP contribution in [0.15, 0.2) is 18.2 Å². The third-order valence-corrected chi connectivity index (χ3v) is 3.89. The number of fused-ring (bicyclic) bond motifs is 1. The van der Waals surface area contributed by atoms with Crippen LogP contribution in [0.2, 0.25) is 5.02 Å². The van der Waals surface area contributed by atoms with Crippen molar-refractivity contribution in [3.8, 4) is 0 Å². The summed E-state index contributed by atoms with van der Waals surface area (Å²) in [5.74, 6) is 0.772. The molecule has 0 amide bonds. The first-order valence-corrected chi connectivity index (χ1v) is 6.99. The molecule has 0 N–H and O–H groups in total. The van der Waals surface area contributed by atoms with Crippen molar-refractivity contribution in [3.05, 3.63) is 23.2 Å². The maximum atomic E-state index is 11.7. The highest BCUT2D eigenvalue weighted by Crippen LogP contribution is 2.32. The molecule has 0 radical (unpaired) electrons. The second-order valence-electron chi connectivity index (χ2n) is 4.94. The third kappa shape index (κ3) is 2.10. The van der Waals surface area contributed by atoms with Crippen molar-refractivity contribution in [2.45, 2.75) is 26.2 Å². The first kappa shape index (κ1) is 12.5. The number of nitrogens with zero attached hydrogens (tertiary/aromatic N) is 3. The number of carbonyl (C=O) groups excluding carboxylic acids is 1. The van der Waals surface area contributed by atoms with Gasteiger partial charge >= 0.3 is 0 Å². The molecular weight excluding hydrogens is 262 g/mol. The minimum atomic E-state index is -0.110. The molecule has 2 aromatic rings. The van der Waals surface area contributed by atoms with Crippen molar-refractivity contribution < 1.29 is 4.79 Å². The topological polar surface area (TPSA) is 38.1 Å². The fourth-order valence-corrected chi connectivity index (χ4v) is 2.93. The number of rotatable bonds is 1. The highest BCUT2D eigenvalue weighted by atomic mass is 35.5. The molecule has 2 heterocycles. The smallest absolute Gasteiger partial charge is 0.244 e. The van der Waals surface area contributed by atoms with Gasteiger partial charge in [0.25, 0.3) is 0 Å². The molecule has 1 aromatic carbocycles. The van der Waals surface area contributed by atoms with Gasteiger partial charge in [-0.2, -0.15) is 4.68 Å². The van der Waals surface area contributed by atoms with Crippen LogP contribution in [0.1, 0.15) is 31.0 Å². The number of para-hydroxylation sites is 1. The number of hydrogen-bond donors (Lipinski definition) is 0. The summed E-state index contributed by atoms with van der Waals surface area (Å²) < 4.78 is 1.42. The normalized spacial score (nSPS) is 16.0. The van der Waals surface area contributed by atoms with Crippen molar-refractivity contribution >= 4 is 34.2 Å². The molecule has 0 bridgehead atoms. The molecule has 0 spiro atoms. The molecule has 5 heteroatoms. The summed E-state index contributed by atoms with van der Waals surface area (Å²) in [5, 5.41) is 6.02. The Bertz CT molecular complexity index is 629. The minimum Gasteiger partial charge on any atom is -0.355 e. The molecule has 1 aliphatic rings. The van der Waals surface area contributed by atoms with Crippen LogP contribution in [0.25, 0.3) is 10.9 Å². The van der Waals surface area contributed by atoms with Crippen LogP contribution in [-0.4, -0.2) is 28.8 Å². The van der Waals surface area contributed by atoms with E-state index in [-0.39, 0.29) is 5.91 Å². The summed E-state index contributed by atoms with van der Waals surface area (Å²) in [7, 11) is 0. The van der Waals surface area contributed by atoms with Gasteiger partial charge in [0.2, 0.25) is 5.91 Å². The van der Waals surface area contributed by atoms with E-state index < -0.39 is 0 Å². The Balaban J connectivity index is 2.19. The SMILES string of the molecule is CC(=O)n1nc(N2CCCCC2)c2cccc(Cl)c21. The molecule has 0 aliphatic carbocycles. The number of hydrogen-bond acceptors (Lipinski definition) is 3. The first-order valence-electron chi connectivity index (χ1n) is 6.61. The Labute approximate surface area is 116 Å². The number of halogens is 1. The third-order valence-electron chi connectivity index (χ3n) is 3.59. The second-order valence-corrected chi connectivity index (χ2v) is 5.35. The Morgan fingerprint density at radius 3 is 2.68 bits per heavy atom. The van der Waals surface area contributed by atoms with Crippen molar-refractivity contribution in [2.75, 3.05) is 18.0 Å². The lowest BCUT2D eigenvalue weighted by Crippen LogP contribution is -2.30. The number of benzene rings is 1. The van der Waals surface area contributed by atoms with Crippen LogP contribution in [0.5, 0.6) is 0 Å². The zero-order valence-electron chi connectivity index (χ0n) is 10.9. The number of carbonyl (C=O) groups is 1. The van der Waals surface area contributed by atoms with Gasteiger partial charge in [0, 0.05) is 25.4 Å². The second kappa shape index (κ2) is 4.85. The van der Waals surface area contributed by atoms with Crippen LogP contribution in [-0.2, 0) is 0 Å². The molecule has 1 fully saturated rings. The zero-order valence-corrected chi connectivity index (χ0v) is 11.7. The van der Waals surface area contributed by atoms with Gasteiger partial charge in [0.05, 0.1) is 10.5 Å². The summed E-state index contributed by atoms with van der Waals surface area (Å²) in [6.45, 7) is 3.50. The van der Waals surface area contributed by atoms with Crippen LogP contribution in [0.3, 0.4) is 0 Å².